The Balaban J connectivity index is 2.31. The van der Waals surface area contributed by atoms with Gasteiger partial charge in [0.2, 0.25) is 0 Å². The quantitative estimate of drug-likeness (QED) is 0.633. The van der Waals surface area contributed by atoms with Gasteiger partial charge in [-0.1, -0.05) is 41.7 Å². The smallest absolute Gasteiger partial charge is 0.142 e. The number of aromatic nitrogens is 3. The molecule has 1 aromatic carbocycles. The van der Waals surface area contributed by atoms with Gasteiger partial charge in [-0.2, -0.15) is 0 Å². The van der Waals surface area contributed by atoms with Crippen LogP contribution in [0.2, 0.25) is 15.1 Å². The molecule has 0 spiro atoms. The van der Waals surface area contributed by atoms with Gasteiger partial charge in [-0.3, -0.25) is 4.98 Å². The third kappa shape index (κ3) is 2.73. The summed E-state index contributed by atoms with van der Waals surface area (Å²) >= 11 is 18.4. The van der Waals surface area contributed by atoms with E-state index in [4.69, 9.17) is 34.8 Å². The minimum Gasteiger partial charge on any atom is -0.324 e. The Kier molecular flexibility index (Phi) is 4.07. The van der Waals surface area contributed by atoms with Crippen molar-refractivity contribution in [1.29, 1.82) is 0 Å². The van der Waals surface area contributed by atoms with Crippen molar-refractivity contribution >= 4 is 45.8 Å². The number of benzene rings is 1. The van der Waals surface area contributed by atoms with Crippen LogP contribution >= 0.6 is 34.8 Å². The number of fused-ring (bicyclic) bond motifs is 1. The van der Waals surface area contributed by atoms with E-state index in [2.05, 4.69) is 21.5 Å². The second kappa shape index (κ2) is 5.84. The van der Waals surface area contributed by atoms with Crippen LogP contribution in [0.4, 0.5) is 0 Å². The molecule has 3 aromatic rings. The van der Waals surface area contributed by atoms with E-state index >= 15 is 0 Å². The molecule has 21 heavy (non-hydrogen) atoms. The molecule has 108 valence electrons. The largest absolute Gasteiger partial charge is 0.324 e. The standard InChI is InChI=1S/C15H12Cl3N3/c1-2-3-21-13-6-10(16)5-12(18)14(13)20-15(21)9-4-11(17)8-19-7-9/h4-8H,2-3H2,1H3. The Hall–Kier alpha value is -1.29. The lowest BCUT2D eigenvalue weighted by molar-refractivity contribution is 0.704. The normalized spacial score (nSPS) is 11.2. The molecular formula is C15H12Cl3N3. The van der Waals surface area contributed by atoms with Crippen LogP contribution in [-0.2, 0) is 6.54 Å². The van der Waals surface area contributed by atoms with Crippen LogP contribution in [0.25, 0.3) is 22.4 Å². The SMILES string of the molecule is CCCn1c(-c2cncc(Cl)c2)nc2c(Cl)cc(Cl)cc21. The first-order valence-electron chi connectivity index (χ1n) is 6.56. The van der Waals surface area contributed by atoms with E-state index in [0.29, 0.717) is 15.1 Å². The van der Waals surface area contributed by atoms with Crippen LogP contribution in [0.15, 0.2) is 30.6 Å². The summed E-state index contributed by atoms with van der Waals surface area (Å²) in [6, 6.07) is 5.43. The highest BCUT2D eigenvalue weighted by atomic mass is 35.5. The average Bonchev–Trinajstić information content (AvgIpc) is 2.79. The van der Waals surface area contributed by atoms with Crippen LogP contribution in [0.1, 0.15) is 13.3 Å². The molecule has 0 radical (unpaired) electrons. The van der Waals surface area contributed by atoms with E-state index in [0.717, 1.165) is 35.4 Å². The van der Waals surface area contributed by atoms with Crippen molar-refractivity contribution < 1.29 is 0 Å². The third-order valence-electron chi connectivity index (χ3n) is 3.18. The summed E-state index contributed by atoms with van der Waals surface area (Å²) in [7, 11) is 0. The zero-order valence-electron chi connectivity index (χ0n) is 11.3. The van der Waals surface area contributed by atoms with E-state index in [1.165, 1.54) is 0 Å². The molecule has 2 heterocycles. The number of rotatable bonds is 3. The molecule has 0 atom stereocenters. The van der Waals surface area contributed by atoms with E-state index in [1.54, 1.807) is 18.5 Å². The molecule has 0 aliphatic heterocycles. The molecule has 0 saturated heterocycles. The number of nitrogens with zero attached hydrogens (tertiary/aromatic N) is 3. The van der Waals surface area contributed by atoms with Gasteiger partial charge in [-0.25, -0.2) is 4.98 Å². The lowest BCUT2D eigenvalue weighted by Crippen LogP contribution is -2.00. The average molecular weight is 341 g/mol. The highest BCUT2D eigenvalue weighted by Gasteiger charge is 2.15. The van der Waals surface area contributed by atoms with Crippen molar-refractivity contribution in [1.82, 2.24) is 14.5 Å². The molecule has 2 aromatic heterocycles. The second-order valence-electron chi connectivity index (χ2n) is 4.73. The summed E-state index contributed by atoms with van der Waals surface area (Å²) in [5.41, 5.74) is 2.52. The first-order chi connectivity index (χ1) is 10.1. The monoisotopic (exact) mass is 339 g/mol. The fraction of sp³-hybridized carbons (Fsp3) is 0.200. The van der Waals surface area contributed by atoms with Crippen LogP contribution in [0.5, 0.6) is 0 Å². The molecule has 0 bridgehead atoms. The fourth-order valence-electron chi connectivity index (χ4n) is 2.35. The Morgan fingerprint density at radius 2 is 1.86 bits per heavy atom. The van der Waals surface area contributed by atoms with E-state index in [9.17, 15) is 0 Å². The summed E-state index contributed by atoms with van der Waals surface area (Å²) in [5.74, 6) is 0.797. The van der Waals surface area contributed by atoms with Crippen LogP contribution in [-0.4, -0.2) is 14.5 Å². The molecule has 0 fully saturated rings. The van der Waals surface area contributed by atoms with E-state index < -0.39 is 0 Å². The summed E-state index contributed by atoms with van der Waals surface area (Å²) in [6.07, 6.45) is 4.31. The summed E-state index contributed by atoms with van der Waals surface area (Å²) in [5, 5.41) is 1.72. The number of hydrogen-bond acceptors (Lipinski definition) is 2. The lowest BCUT2D eigenvalue weighted by Gasteiger charge is -2.08. The van der Waals surface area contributed by atoms with Crippen molar-refractivity contribution in [2.75, 3.05) is 0 Å². The van der Waals surface area contributed by atoms with E-state index in [1.807, 2.05) is 12.1 Å². The van der Waals surface area contributed by atoms with Crippen molar-refractivity contribution in [2.45, 2.75) is 19.9 Å². The number of hydrogen-bond donors (Lipinski definition) is 0. The lowest BCUT2D eigenvalue weighted by atomic mass is 10.2. The van der Waals surface area contributed by atoms with Crippen molar-refractivity contribution in [3.63, 3.8) is 0 Å². The Morgan fingerprint density at radius 3 is 2.57 bits per heavy atom. The molecule has 3 rings (SSSR count). The van der Waals surface area contributed by atoms with Gasteiger partial charge < -0.3 is 4.57 Å². The van der Waals surface area contributed by atoms with Crippen molar-refractivity contribution in [3.05, 3.63) is 45.7 Å². The predicted molar refractivity (Wildman–Crippen MR) is 88.3 cm³/mol. The summed E-state index contributed by atoms with van der Waals surface area (Å²) in [6.45, 7) is 2.92. The minimum atomic E-state index is 0.545. The van der Waals surface area contributed by atoms with Gasteiger partial charge in [0.1, 0.15) is 11.3 Å². The Morgan fingerprint density at radius 1 is 1.05 bits per heavy atom. The third-order valence-corrected chi connectivity index (χ3v) is 3.90. The summed E-state index contributed by atoms with van der Waals surface area (Å²) < 4.78 is 2.10. The first kappa shape index (κ1) is 14.6. The van der Waals surface area contributed by atoms with Crippen LogP contribution in [0, 0.1) is 0 Å². The maximum Gasteiger partial charge on any atom is 0.142 e. The first-order valence-corrected chi connectivity index (χ1v) is 7.69. The fourth-order valence-corrected chi connectivity index (χ4v) is 3.05. The van der Waals surface area contributed by atoms with Gasteiger partial charge in [0.05, 0.1) is 15.6 Å². The zero-order chi connectivity index (χ0) is 15.0. The van der Waals surface area contributed by atoms with Crippen LogP contribution in [0.3, 0.4) is 0 Å². The highest BCUT2D eigenvalue weighted by molar-refractivity contribution is 6.38. The van der Waals surface area contributed by atoms with Crippen molar-refractivity contribution in [3.8, 4) is 11.4 Å². The Labute approximate surface area is 137 Å². The van der Waals surface area contributed by atoms with Gasteiger partial charge in [0.15, 0.2) is 0 Å². The van der Waals surface area contributed by atoms with Gasteiger partial charge in [-0.15, -0.1) is 0 Å². The maximum atomic E-state index is 6.26. The molecular weight excluding hydrogens is 329 g/mol. The number of aryl methyl sites for hydroxylation is 1. The molecule has 6 heteroatoms. The van der Waals surface area contributed by atoms with Crippen molar-refractivity contribution in [2.24, 2.45) is 0 Å². The molecule has 0 N–H and O–H groups in total. The van der Waals surface area contributed by atoms with Crippen LogP contribution < -0.4 is 0 Å². The molecule has 0 unspecified atom stereocenters. The second-order valence-corrected chi connectivity index (χ2v) is 6.01. The number of halogens is 3. The van der Waals surface area contributed by atoms with Gasteiger partial charge in [-0.05, 0) is 24.6 Å². The summed E-state index contributed by atoms with van der Waals surface area (Å²) in [4.78, 5) is 8.78. The molecule has 0 amide bonds. The molecule has 0 saturated carbocycles. The Bertz CT molecular complexity index is 811. The molecule has 0 aliphatic carbocycles. The van der Waals surface area contributed by atoms with E-state index in [-0.39, 0.29) is 0 Å². The zero-order valence-corrected chi connectivity index (χ0v) is 13.5. The highest BCUT2D eigenvalue weighted by Crippen LogP contribution is 2.32. The number of pyridine rings is 1. The maximum absolute atomic E-state index is 6.26. The number of imidazole rings is 1. The predicted octanol–water partition coefficient (Wildman–Crippen LogP) is 5.47. The van der Waals surface area contributed by atoms with Gasteiger partial charge in [0, 0.05) is 29.5 Å². The molecule has 3 nitrogen and oxygen atoms in total. The topological polar surface area (TPSA) is 30.7 Å². The van der Waals surface area contributed by atoms with Gasteiger partial charge in [0.25, 0.3) is 0 Å². The minimum absolute atomic E-state index is 0.545. The van der Waals surface area contributed by atoms with Gasteiger partial charge >= 0.3 is 0 Å². The molecule has 0 aliphatic rings.